The fraction of sp³-hybridized carbons (Fsp3) is 0.258. The van der Waals surface area contributed by atoms with Crippen molar-refractivity contribution in [1.82, 2.24) is 14.6 Å². The molecule has 2 N–H and O–H groups in total. The molecule has 13 heteroatoms. The third-order valence-corrected chi connectivity index (χ3v) is 10.7. The van der Waals surface area contributed by atoms with Gasteiger partial charge >= 0.3 is 0 Å². The van der Waals surface area contributed by atoms with Crippen molar-refractivity contribution >= 4 is 54.5 Å². The van der Waals surface area contributed by atoms with Gasteiger partial charge in [-0.3, -0.25) is 9.10 Å². The van der Waals surface area contributed by atoms with E-state index in [9.17, 15) is 26.2 Å². The predicted molar refractivity (Wildman–Crippen MR) is 166 cm³/mol. The molecule has 1 fully saturated rings. The Morgan fingerprint density at radius 2 is 1.89 bits per heavy atom. The predicted octanol–water partition coefficient (Wildman–Crippen LogP) is 5.52. The van der Waals surface area contributed by atoms with Crippen molar-refractivity contribution in [1.29, 1.82) is 0 Å². The Hall–Kier alpha value is -4.07. The summed E-state index contributed by atoms with van der Waals surface area (Å²) >= 11 is 0. The smallest absolute Gasteiger partial charge is 0.255 e. The number of carbonyl (C=O) groups excluding carboxylic acids is 1. The number of carbonyl (C=O) groups is 1. The highest BCUT2D eigenvalue weighted by Gasteiger charge is 2.32. The maximum absolute atomic E-state index is 14.3. The van der Waals surface area contributed by atoms with E-state index in [1.165, 1.54) is 44.4 Å². The number of nitrogens with one attached hydrogen (secondary N) is 2. The fourth-order valence-corrected chi connectivity index (χ4v) is 7.58. The number of furan rings is 1. The van der Waals surface area contributed by atoms with Crippen LogP contribution in [0.15, 0.2) is 70.1 Å². The standard InChI is InChI=1S/C31H30F2N4O5S2/c1-34-31(38)28-23-15-22(20-7-5-13-37(17-20)43(39)27-14-19-6-4-8-24(33)29(19)35-27)25(36(2)44(3,40)41)16-26(23)42-30(28)18-9-11-21(32)12-10-18/h4,6,8-12,14-16,20,35H,5,7,13,17H2,1-3H3,(H,34,38)/t20-,43?/m0/s1. The molecule has 2 atom stereocenters. The number of nitrogens with zero attached hydrogens (tertiary/aromatic N) is 2. The van der Waals surface area contributed by atoms with E-state index in [1.807, 2.05) is 0 Å². The molecule has 0 radical (unpaired) electrons. The van der Waals surface area contributed by atoms with Crippen LogP contribution in [0, 0.1) is 11.6 Å². The number of hydrogen-bond donors (Lipinski definition) is 2. The number of rotatable bonds is 7. The molecular formula is C31H30F2N4O5S2. The number of para-hydroxylation sites is 1. The van der Waals surface area contributed by atoms with Gasteiger partial charge in [-0.2, -0.15) is 0 Å². The van der Waals surface area contributed by atoms with Gasteiger partial charge in [0.25, 0.3) is 5.91 Å². The van der Waals surface area contributed by atoms with Gasteiger partial charge in [0.1, 0.15) is 39.0 Å². The molecule has 1 aliphatic rings. The second kappa shape index (κ2) is 11.5. The van der Waals surface area contributed by atoms with E-state index in [4.69, 9.17) is 4.42 Å². The molecule has 9 nitrogen and oxygen atoms in total. The van der Waals surface area contributed by atoms with Gasteiger partial charge in [0, 0.05) is 49.6 Å². The van der Waals surface area contributed by atoms with Crippen molar-refractivity contribution < 1.29 is 30.6 Å². The lowest BCUT2D eigenvalue weighted by molar-refractivity contribution is 0.0964. The summed E-state index contributed by atoms with van der Waals surface area (Å²) in [7, 11) is -2.40. The van der Waals surface area contributed by atoms with Crippen LogP contribution in [0.2, 0.25) is 0 Å². The molecule has 5 aromatic rings. The topological polar surface area (TPSA) is 116 Å². The molecule has 1 aliphatic heterocycles. The van der Waals surface area contributed by atoms with Crippen molar-refractivity contribution in [2.24, 2.45) is 0 Å². The zero-order chi connectivity index (χ0) is 31.3. The lowest BCUT2D eigenvalue weighted by atomic mass is 9.89. The monoisotopic (exact) mass is 640 g/mol. The SMILES string of the molecule is CNC(=O)c1c(-c2ccc(F)cc2)oc2cc(N(C)S(C)(=O)=O)c([C@H]3CCCN(S(=O)c4cc5cccc(F)c5[nH]4)C3)cc12. The molecule has 1 amide bonds. The van der Waals surface area contributed by atoms with Crippen molar-refractivity contribution in [3.8, 4) is 11.3 Å². The van der Waals surface area contributed by atoms with E-state index in [2.05, 4.69) is 10.3 Å². The first-order valence-corrected chi connectivity index (χ1v) is 16.9. The highest BCUT2D eigenvalue weighted by Crippen LogP contribution is 2.42. The fourth-order valence-electron chi connectivity index (χ4n) is 5.76. The van der Waals surface area contributed by atoms with Crippen LogP contribution in [0.3, 0.4) is 0 Å². The minimum Gasteiger partial charge on any atom is -0.455 e. The van der Waals surface area contributed by atoms with E-state index < -0.39 is 38.6 Å². The number of piperidine rings is 1. The Bertz CT molecular complexity index is 2040. The number of H-pyrrole nitrogens is 1. The molecular weight excluding hydrogens is 610 g/mol. The average molecular weight is 641 g/mol. The number of fused-ring (bicyclic) bond motifs is 2. The number of benzene rings is 3. The second-order valence-corrected chi connectivity index (χ2v) is 14.3. The minimum absolute atomic E-state index is 0.224. The Morgan fingerprint density at radius 3 is 2.57 bits per heavy atom. The van der Waals surface area contributed by atoms with Crippen LogP contribution in [0.1, 0.15) is 34.7 Å². The van der Waals surface area contributed by atoms with E-state index >= 15 is 0 Å². The molecule has 0 bridgehead atoms. The van der Waals surface area contributed by atoms with Gasteiger partial charge in [-0.1, -0.05) is 12.1 Å². The number of hydrogen-bond acceptors (Lipinski definition) is 5. The van der Waals surface area contributed by atoms with Crippen LogP contribution in [0.25, 0.3) is 33.2 Å². The largest absolute Gasteiger partial charge is 0.455 e. The summed E-state index contributed by atoms with van der Waals surface area (Å²) < 4.78 is 76.3. The lowest BCUT2D eigenvalue weighted by Gasteiger charge is -2.33. The first kappa shape index (κ1) is 30.0. The molecule has 0 spiro atoms. The summed E-state index contributed by atoms with van der Waals surface area (Å²) in [6.45, 7) is 0.836. The number of amides is 1. The molecule has 0 aliphatic carbocycles. The van der Waals surface area contributed by atoms with Crippen LogP contribution in [-0.4, -0.2) is 61.3 Å². The maximum atomic E-state index is 14.3. The summed E-state index contributed by atoms with van der Waals surface area (Å²) in [6.07, 6.45) is 2.43. The third-order valence-electron chi connectivity index (χ3n) is 8.06. The molecule has 2 aromatic heterocycles. The highest BCUT2D eigenvalue weighted by atomic mass is 32.2. The molecule has 1 unspecified atom stereocenters. The van der Waals surface area contributed by atoms with Crippen LogP contribution >= 0.6 is 0 Å². The van der Waals surface area contributed by atoms with E-state index in [1.54, 1.807) is 34.6 Å². The van der Waals surface area contributed by atoms with E-state index in [0.717, 1.165) is 10.6 Å². The molecule has 230 valence electrons. The average Bonchev–Trinajstić information content (AvgIpc) is 3.62. The van der Waals surface area contributed by atoms with Crippen LogP contribution in [-0.2, 0) is 21.0 Å². The normalized spacial score (nSPS) is 16.8. The molecule has 3 aromatic carbocycles. The Labute approximate surface area is 255 Å². The number of aromatic amines is 1. The number of halogens is 2. The Kier molecular flexibility index (Phi) is 7.80. The van der Waals surface area contributed by atoms with E-state index in [-0.39, 0.29) is 28.3 Å². The summed E-state index contributed by atoms with van der Waals surface area (Å²) in [5.41, 5.74) is 2.30. The van der Waals surface area contributed by atoms with Crippen LogP contribution in [0.4, 0.5) is 14.5 Å². The molecule has 6 rings (SSSR count). The quantitative estimate of drug-likeness (QED) is 0.243. The Balaban J connectivity index is 1.46. The minimum atomic E-state index is -3.70. The van der Waals surface area contributed by atoms with Gasteiger partial charge in [0.05, 0.1) is 23.0 Å². The molecule has 3 heterocycles. The number of sulfonamides is 1. The zero-order valence-corrected chi connectivity index (χ0v) is 25.8. The van der Waals surface area contributed by atoms with Crippen molar-refractivity contribution in [2.75, 3.05) is 37.7 Å². The van der Waals surface area contributed by atoms with Crippen molar-refractivity contribution in [3.05, 3.63) is 83.4 Å². The van der Waals surface area contributed by atoms with Crippen molar-refractivity contribution in [3.63, 3.8) is 0 Å². The van der Waals surface area contributed by atoms with Crippen molar-refractivity contribution in [2.45, 2.75) is 23.8 Å². The highest BCUT2D eigenvalue weighted by molar-refractivity contribution is 7.92. The second-order valence-electron chi connectivity index (χ2n) is 10.8. The molecule has 0 saturated carbocycles. The zero-order valence-electron chi connectivity index (χ0n) is 24.2. The third kappa shape index (κ3) is 5.39. The summed E-state index contributed by atoms with van der Waals surface area (Å²) in [5, 5.41) is 4.09. The summed E-state index contributed by atoms with van der Waals surface area (Å²) in [5.74, 6) is -1.34. The number of anilines is 1. The van der Waals surface area contributed by atoms with Gasteiger partial charge in [0.2, 0.25) is 10.0 Å². The first-order valence-electron chi connectivity index (χ1n) is 13.9. The summed E-state index contributed by atoms with van der Waals surface area (Å²) in [4.78, 5) is 16.1. The van der Waals surface area contributed by atoms with Gasteiger partial charge in [0.15, 0.2) is 0 Å². The van der Waals surface area contributed by atoms with E-state index in [0.29, 0.717) is 58.5 Å². The van der Waals surface area contributed by atoms with Gasteiger partial charge in [-0.15, -0.1) is 0 Å². The first-order chi connectivity index (χ1) is 21.0. The van der Waals surface area contributed by atoms with Crippen LogP contribution < -0.4 is 9.62 Å². The van der Waals surface area contributed by atoms with Crippen LogP contribution in [0.5, 0.6) is 0 Å². The Morgan fingerprint density at radius 1 is 1.14 bits per heavy atom. The lowest BCUT2D eigenvalue weighted by Crippen LogP contribution is -2.36. The van der Waals surface area contributed by atoms with Gasteiger partial charge < -0.3 is 14.7 Å². The number of aromatic nitrogens is 1. The molecule has 44 heavy (non-hydrogen) atoms. The molecule has 1 saturated heterocycles. The maximum Gasteiger partial charge on any atom is 0.255 e. The summed E-state index contributed by atoms with van der Waals surface area (Å²) in [6, 6.07) is 15.3. The van der Waals surface area contributed by atoms with Gasteiger partial charge in [-0.05, 0) is 66.8 Å². The van der Waals surface area contributed by atoms with Gasteiger partial charge in [-0.25, -0.2) is 25.7 Å².